The van der Waals surface area contributed by atoms with E-state index in [1.807, 2.05) is 11.3 Å². The van der Waals surface area contributed by atoms with Gasteiger partial charge in [0.05, 0.1) is 0 Å². The maximum atomic E-state index is 3.54. The van der Waals surface area contributed by atoms with E-state index in [0.717, 1.165) is 6.54 Å². The van der Waals surface area contributed by atoms with E-state index in [2.05, 4.69) is 36.7 Å². The predicted octanol–water partition coefficient (Wildman–Crippen LogP) is 2.78. The van der Waals surface area contributed by atoms with Crippen LogP contribution in [0.25, 0.3) is 0 Å². The summed E-state index contributed by atoms with van der Waals surface area (Å²) in [6, 6.07) is 5.05. The van der Waals surface area contributed by atoms with Crippen molar-refractivity contribution in [2.45, 2.75) is 38.1 Å². The molecule has 0 unspecified atom stereocenters. The average molecular weight is 195 g/mol. The molecule has 13 heavy (non-hydrogen) atoms. The third kappa shape index (κ3) is 1.94. The van der Waals surface area contributed by atoms with E-state index in [9.17, 15) is 0 Å². The van der Waals surface area contributed by atoms with Crippen molar-refractivity contribution in [3.63, 3.8) is 0 Å². The van der Waals surface area contributed by atoms with Crippen LogP contribution in [0, 0.1) is 0 Å². The van der Waals surface area contributed by atoms with Crippen LogP contribution in [0.4, 0.5) is 0 Å². The van der Waals surface area contributed by atoms with Gasteiger partial charge in [0.25, 0.3) is 0 Å². The molecule has 0 amide bonds. The van der Waals surface area contributed by atoms with Gasteiger partial charge in [-0.25, -0.2) is 0 Å². The normalized spacial score (nSPS) is 19.3. The van der Waals surface area contributed by atoms with Crippen LogP contribution in [0.5, 0.6) is 0 Å². The fourth-order valence-electron chi connectivity index (χ4n) is 1.64. The topological polar surface area (TPSA) is 12.0 Å². The molecule has 0 spiro atoms. The Morgan fingerprint density at radius 1 is 1.54 bits per heavy atom. The lowest BCUT2D eigenvalue weighted by Crippen LogP contribution is -2.31. The van der Waals surface area contributed by atoms with Crippen molar-refractivity contribution >= 4 is 11.3 Å². The third-order valence-electron chi connectivity index (χ3n) is 2.75. The quantitative estimate of drug-likeness (QED) is 0.779. The summed E-state index contributed by atoms with van der Waals surface area (Å²) in [5, 5.41) is 5.73. The highest BCUT2D eigenvalue weighted by Crippen LogP contribution is 2.49. The van der Waals surface area contributed by atoms with Gasteiger partial charge in [0.1, 0.15) is 0 Å². The number of hydrogen-bond acceptors (Lipinski definition) is 2. The van der Waals surface area contributed by atoms with Gasteiger partial charge in [-0.1, -0.05) is 19.9 Å². The Labute approximate surface area is 84.2 Å². The van der Waals surface area contributed by atoms with Crippen molar-refractivity contribution < 1.29 is 0 Å². The summed E-state index contributed by atoms with van der Waals surface area (Å²) >= 11 is 1.90. The van der Waals surface area contributed by atoms with E-state index in [1.165, 1.54) is 12.8 Å². The predicted molar refractivity (Wildman–Crippen MR) is 58.4 cm³/mol. The van der Waals surface area contributed by atoms with Crippen LogP contribution < -0.4 is 5.32 Å². The minimum Gasteiger partial charge on any atom is -0.314 e. The van der Waals surface area contributed by atoms with Crippen LogP contribution in [0.3, 0.4) is 0 Å². The zero-order chi connectivity index (χ0) is 9.31. The molecule has 1 fully saturated rings. The molecule has 0 bridgehead atoms. The lowest BCUT2D eigenvalue weighted by Gasteiger charge is -2.16. The van der Waals surface area contributed by atoms with E-state index in [0.29, 0.717) is 11.5 Å². The lowest BCUT2D eigenvalue weighted by atomic mass is 10.1. The van der Waals surface area contributed by atoms with E-state index < -0.39 is 0 Å². The minimum absolute atomic E-state index is 0.512. The van der Waals surface area contributed by atoms with Gasteiger partial charge in [0.2, 0.25) is 0 Å². The number of nitrogens with one attached hydrogen (secondary N) is 1. The smallest absolute Gasteiger partial charge is 0.0172 e. The number of rotatable bonds is 4. The molecule has 2 rings (SSSR count). The maximum absolute atomic E-state index is 3.54. The molecule has 1 aromatic rings. The first-order chi connectivity index (χ1) is 6.23. The first-order valence-electron chi connectivity index (χ1n) is 5.00. The van der Waals surface area contributed by atoms with E-state index in [4.69, 9.17) is 0 Å². The Bertz CT molecular complexity index is 260. The third-order valence-corrected chi connectivity index (χ3v) is 3.86. The molecular formula is C11H17NS. The molecule has 1 N–H and O–H groups in total. The molecule has 1 nitrogen and oxygen atoms in total. The molecule has 1 aromatic heterocycles. The van der Waals surface area contributed by atoms with Crippen molar-refractivity contribution in [1.29, 1.82) is 0 Å². The van der Waals surface area contributed by atoms with Crippen molar-refractivity contribution in [2.75, 3.05) is 6.54 Å². The Kier molecular flexibility index (Phi) is 2.43. The van der Waals surface area contributed by atoms with Gasteiger partial charge in [-0.05, 0) is 24.3 Å². The van der Waals surface area contributed by atoms with Crippen LogP contribution in [-0.2, 0) is 5.41 Å². The molecule has 1 saturated carbocycles. The SMILES string of the molecule is CC(C)NCC1(c2cccs2)CC1. The van der Waals surface area contributed by atoms with Crippen LogP contribution in [0.15, 0.2) is 17.5 Å². The van der Waals surface area contributed by atoms with Crippen molar-refractivity contribution in [2.24, 2.45) is 0 Å². The maximum Gasteiger partial charge on any atom is 0.0172 e. The molecule has 1 aliphatic carbocycles. The molecule has 0 atom stereocenters. The average Bonchev–Trinajstić information content (AvgIpc) is 2.68. The number of hydrogen-bond donors (Lipinski definition) is 1. The summed E-state index contributed by atoms with van der Waals surface area (Å²) in [5.41, 5.74) is 0.512. The summed E-state index contributed by atoms with van der Waals surface area (Å²) in [5.74, 6) is 0. The van der Waals surface area contributed by atoms with Crippen molar-refractivity contribution in [3.05, 3.63) is 22.4 Å². The highest BCUT2D eigenvalue weighted by Gasteiger charge is 2.44. The Morgan fingerprint density at radius 2 is 2.31 bits per heavy atom. The molecule has 1 heterocycles. The Balaban J connectivity index is 1.98. The van der Waals surface area contributed by atoms with Crippen LogP contribution >= 0.6 is 11.3 Å². The van der Waals surface area contributed by atoms with E-state index in [1.54, 1.807) is 4.88 Å². The van der Waals surface area contributed by atoms with Gasteiger partial charge in [-0.3, -0.25) is 0 Å². The first-order valence-corrected chi connectivity index (χ1v) is 5.88. The molecule has 0 radical (unpaired) electrons. The summed E-state index contributed by atoms with van der Waals surface area (Å²) in [6.07, 6.45) is 2.74. The van der Waals surface area contributed by atoms with Crippen molar-refractivity contribution in [1.82, 2.24) is 5.32 Å². The molecule has 2 heteroatoms. The second-order valence-electron chi connectivity index (χ2n) is 4.29. The molecule has 0 aliphatic heterocycles. The van der Waals surface area contributed by atoms with Gasteiger partial charge in [0.15, 0.2) is 0 Å². The van der Waals surface area contributed by atoms with Crippen LogP contribution in [0.1, 0.15) is 31.6 Å². The second kappa shape index (κ2) is 3.43. The monoisotopic (exact) mass is 195 g/mol. The van der Waals surface area contributed by atoms with Crippen LogP contribution in [-0.4, -0.2) is 12.6 Å². The van der Waals surface area contributed by atoms with Crippen LogP contribution in [0.2, 0.25) is 0 Å². The zero-order valence-corrected chi connectivity index (χ0v) is 9.16. The Morgan fingerprint density at radius 3 is 2.77 bits per heavy atom. The number of thiophene rings is 1. The zero-order valence-electron chi connectivity index (χ0n) is 8.34. The first kappa shape index (κ1) is 9.22. The standard InChI is InChI=1S/C11H17NS/c1-9(2)12-8-11(5-6-11)10-4-3-7-13-10/h3-4,7,9,12H,5-6,8H2,1-2H3. The molecular weight excluding hydrogens is 178 g/mol. The van der Waals surface area contributed by atoms with Crippen molar-refractivity contribution in [3.8, 4) is 0 Å². The summed E-state index contributed by atoms with van der Waals surface area (Å²) in [6.45, 7) is 5.58. The fraction of sp³-hybridized carbons (Fsp3) is 0.636. The molecule has 1 aliphatic rings. The summed E-state index contributed by atoms with van der Waals surface area (Å²) in [7, 11) is 0. The Hall–Kier alpha value is -0.340. The second-order valence-corrected chi connectivity index (χ2v) is 5.24. The molecule has 0 aromatic carbocycles. The van der Waals surface area contributed by atoms with Gasteiger partial charge < -0.3 is 5.32 Å². The largest absolute Gasteiger partial charge is 0.314 e. The lowest BCUT2D eigenvalue weighted by molar-refractivity contribution is 0.525. The molecule has 72 valence electrons. The van der Waals surface area contributed by atoms with E-state index >= 15 is 0 Å². The highest BCUT2D eigenvalue weighted by molar-refractivity contribution is 7.10. The van der Waals surface area contributed by atoms with E-state index in [-0.39, 0.29) is 0 Å². The summed E-state index contributed by atoms with van der Waals surface area (Å²) in [4.78, 5) is 1.57. The fourth-order valence-corrected chi connectivity index (χ4v) is 2.63. The van der Waals surface area contributed by atoms with Gasteiger partial charge in [0, 0.05) is 22.9 Å². The highest BCUT2D eigenvalue weighted by atomic mass is 32.1. The minimum atomic E-state index is 0.512. The van der Waals surface area contributed by atoms with Gasteiger partial charge in [-0.15, -0.1) is 11.3 Å². The van der Waals surface area contributed by atoms with Gasteiger partial charge in [-0.2, -0.15) is 0 Å². The van der Waals surface area contributed by atoms with Gasteiger partial charge >= 0.3 is 0 Å². The molecule has 0 saturated heterocycles. The summed E-state index contributed by atoms with van der Waals surface area (Å²) < 4.78 is 0.